The summed E-state index contributed by atoms with van der Waals surface area (Å²) in [5.41, 5.74) is 1.76. The van der Waals surface area contributed by atoms with Gasteiger partial charge in [0.15, 0.2) is 21.5 Å². The Bertz CT molecular complexity index is 1650. The highest BCUT2D eigenvalue weighted by Crippen LogP contribution is 2.69. The summed E-state index contributed by atoms with van der Waals surface area (Å²) in [7, 11) is -3.30. The van der Waals surface area contributed by atoms with Gasteiger partial charge in [-0.1, -0.05) is 19.9 Å². The number of rotatable bonds is 5. The van der Waals surface area contributed by atoms with Gasteiger partial charge in [0.05, 0.1) is 34.3 Å². The van der Waals surface area contributed by atoms with Crippen molar-refractivity contribution in [2.24, 2.45) is 5.41 Å². The van der Waals surface area contributed by atoms with Gasteiger partial charge < -0.3 is 0 Å². The Morgan fingerprint density at radius 3 is 2.57 bits per heavy atom. The molecule has 3 heterocycles. The van der Waals surface area contributed by atoms with Crippen molar-refractivity contribution in [3.63, 3.8) is 0 Å². The van der Waals surface area contributed by atoms with Gasteiger partial charge in [0.2, 0.25) is 0 Å². The molecule has 0 radical (unpaired) electrons. The van der Waals surface area contributed by atoms with Crippen LogP contribution < -0.4 is 0 Å². The highest BCUT2D eigenvalue weighted by molar-refractivity contribution is 7.89. The smallest absolute Gasteiger partial charge is 0.176 e. The van der Waals surface area contributed by atoms with E-state index in [2.05, 4.69) is 44.2 Å². The molecule has 2 aliphatic carbocycles. The zero-order valence-electron chi connectivity index (χ0n) is 20.3. The van der Waals surface area contributed by atoms with Crippen LogP contribution in [0.25, 0.3) is 22.8 Å². The van der Waals surface area contributed by atoms with Gasteiger partial charge in [-0.05, 0) is 47.9 Å². The van der Waals surface area contributed by atoms with Crippen LogP contribution in [0.3, 0.4) is 0 Å². The number of aromatic nitrogens is 7. The van der Waals surface area contributed by atoms with E-state index in [1.807, 2.05) is 0 Å². The van der Waals surface area contributed by atoms with E-state index in [4.69, 9.17) is 4.98 Å². The molecule has 1 aromatic carbocycles. The van der Waals surface area contributed by atoms with E-state index in [-0.39, 0.29) is 34.2 Å². The number of nitrogens with one attached hydrogen (secondary N) is 1. The summed E-state index contributed by atoms with van der Waals surface area (Å²) in [6.45, 7) is 4.28. The molecule has 1 saturated carbocycles. The van der Waals surface area contributed by atoms with Crippen molar-refractivity contribution in [3.05, 3.63) is 71.1 Å². The van der Waals surface area contributed by atoms with Crippen molar-refractivity contribution >= 4 is 9.84 Å². The second kappa shape index (κ2) is 7.91. The lowest BCUT2D eigenvalue weighted by atomic mass is 9.66. The molecule has 0 unspecified atom stereocenters. The molecule has 0 saturated heterocycles. The lowest BCUT2D eigenvalue weighted by Crippen LogP contribution is -2.38. The van der Waals surface area contributed by atoms with Gasteiger partial charge in [-0.2, -0.15) is 10.2 Å². The number of hydrogen-bond acceptors (Lipinski definition) is 8. The molecule has 0 amide bonds. The Hall–Kier alpha value is -3.67. The molecule has 3 aromatic heterocycles. The van der Waals surface area contributed by atoms with E-state index in [0.29, 0.717) is 17.2 Å². The largest absolute Gasteiger partial charge is 0.260 e. The second-order valence-corrected chi connectivity index (χ2v) is 12.4. The van der Waals surface area contributed by atoms with Crippen molar-refractivity contribution in [1.82, 2.24) is 35.3 Å². The van der Waals surface area contributed by atoms with E-state index in [1.54, 1.807) is 12.3 Å². The number of aromatic amines is 1. The van der Waals surface area contributed by atoms with Gasteiger partial charge in [0, 0.05) is 12.5 Å². The average Bonchev–Trinajstić information content (AvgIpc) is 3.45. The summed E-state index contributed by atoms with van der Waals surface area (Å²) < 4.78 is 52.2. The number of halogens is 2. The van der Waals surface area contributed by atoms with Crippen LogP contribution in [0.5, 0.6) is 0 Å². The van der Waals surface area contributed by atoms with Crippen LogP contribution in [-0.4, -0.2) is 50.0 Å². The maximum absolute atomic E-state index is 14.5. The molecule has 0 aliphatic heterocycles. The Kier molecular flexibility index (Phi) is 5.07. The third-order valence-corrected chi connectivity index (χ3v) is 8.62. The predicted molar refractivity (Wildman–Crippen MR) is 130 cm³/mol. The van der Waals surface area contributed by atoms with Gasteiger partial charge in [-0.25, -0.2) is 27.2 Å². The van der Waals surface area contributed by atoms with E-state index < -0.39 is 26.9 Å². The highest BCUT2D eigenvalue weighted by Gasteiger charge is 2.65. The van der Waals surface area contributed by atoms with Gasteiger partial charge in [0.1, 0.15) is 23.1 Å². The maximum atomic E-state index is 14.5. The van der Waals surface area contributed by atoms with Gasteiger partial charge in [0.25, 0.3) is 0 Å². The molecule has 2 aliphatic rings. The minimum atomic E-state index is -3.30. The summed E-state index contributed by atoms with van der Waals surface area (Å²) in [4.78, 5) is 13.6. The lowest BCUT2D eigenvalue weighted by molar-refractivity contribution is 0.242. The van der Waals surface area contributed by atoms with Crippen molar-refractivity contribution in [1.29, 1.82) is 0 Å². The molecule has 6 rings (SSSR count). The van der Waals surface area contributed by atoms with Gasteiger partial charge in [-0.15, -0.1) is 5.10 Å². The molecule has 1 N–H and O–H groups in total. The number of hydrogen-bond donors (Lipinski definition) is 1. The molecular weight excluding hydrogens is 500 g/mol. The molecule has 2 atom stereocenters. The third-order valence-electron chi connectivity index (χ3n) is 7.84. The molecule has 0 spiro atoms. The summed E-state index contributed by atoms with van der Waals surface area (Å²) in [6.07, 6.45) is 5.95. The van der Waals surface area contributed by atoms with E-state index in [1.165, 1.54) is 24.4 Å². The zero-order chi connectivity index (χ0) is 26.2. The molecule has 2 bridgehead atoms. The highest BCUT2D eigenvalue weighted by atomic mass is 32.2. The fraction of sp³-hybridized carbons (Fsp3) is 0.360. The first-order valence-electron chi connectivity index (χ1n) is 11.8. The van der Waals surface area contributed by atoms with Crippen molar-refractivity contribution < 1.29 is 17.2 Å². The first kappa shape index (κ1) is 23.7. The number of sulfone groups is 1. The normalized spacial score (nSPS) is 21.8. The zero-order valence-corrected chi connectivity index (χ0v) is 21.1. The molecule has 190 valence electrons. The fourth-order valence-corrected chi connectivity index (χ4v) is 6.75. The predicted octanol–water partition coefficient (Wildman–Crippen LogP) is 3.74. The van der Waals surface area contributed by atoms with Crippen LogP contribution in [0, 0.1) is 17.0 Å². The SMILES string of the molecule is CC1(C)[C@H]2CC[C@@]1(c1cncc(-c3nc(CS(C)(=O)=O)n[nH]3)n1)c1nnc(-c3c(F)cccc3F)cc12. The van der Waals surface area contributed by atoms with E-state index in [0.717, 1.165) is 30.4 Å². The summed E-state index contributed by atoms with van der Waals surface area (Å²) in [5, 5.41) is 15.5. The van der Waals surface area contributed by atoms with Gasteiger partial charge >= 0.3 is 0 Å². The lowest BCUT2D eigenvalue weighted by Gasteiger charge is -2.37. The van der Waals surface area contributed by atoms with Crippen LogP contribution in [0.4, 0.5) is 8.78 Å². The summed E-state index contributed by atoms with van der Waals surface area (Å²) in [6, 6.07) is 5.48. The van der Waals surface area contributed by atoms with Crippen LogP contribution in [-0.2, 0) is 21.0 Å². The van der Waals surface area contributed by atoms with Gasteiger partial charge in [-0.3, -0.25) is 10.1 Å². The van der Waals surface area contributed by atoms with Crippen molar-refractivity contribution in [3.8, 4) is 22.8 Å². The second-order valence-electron chi connectivity index (χ2n) is 10.3. The summed E-state index contributed by atoms with van der Waals surface area (Å²) >= 11 is 0. The Labute approximate surface area is 211 Å². The van der Waals surface area contributed by atoms with Crippen LogP contribution >= 0.6 is 0 Å². The summed E-state index contributed by atoms with van der Waals surface area (Å²) in [5.74, 6) is -1.12. The monoisotopic (exact) mass is 523 g/mol. The molecular formula is C25H23F2N7O2S. The Morgan fingerprint density at radius 2 is 1.84 bits per heavy atom. The maximum Gasteiger partial charge on any atom is 0.176 e. The van der Waals surface area contributed by atoms with E-state index >= 15 is 0 Å². The molecule has 12 heteroatoms. The molecule has 1 fully saturated rings. The fourth-order valence-electron chi connectivity index (χ4n) is 6.15. The molecule has 9 nitrogen and oxygen atoms in total. The third kappa shape index (κ3) is 3.49. The van der Waals surface area contributed by atoms with Crippen LogP contribution in [0.1, 0.15) is 55.4 Å². The standard InChI is InChI=1S/C25H23F2N7O2S/c1-24(2)14-7-8-25(24,22-13(14)9-17(31-33-22)21-15(26)5-4-6-16(21)27)19-11-28-10-18(29-19)23-30-20(32-34-23)12-37(3,35)36/h4-6,9-11,14H,7-8,12H2,1-3H3,(H,30,32,34)/t14-,25+/m0/s1. The number of fused-ring (bicyclic) bond motifs is 5. The van der Waals surface area contributed by atoms with Crippen molar-refractivity contribution in [2.45, 2.75) is 43.8 Å². The number of H-pyrrole nitrogens is 1. The average molecular weight is 524 g/mol. The first-order valence-corrected chi connectivity index (χ1v) is 13.8. The molecule has 37 heavy (non-hydrogen) atoms. The quantitative estimate of drug-likeness (QED) is 0.419. The minimum absolute atomic E-state index is 0.0867. The molecule has 4 aromatic rings. The Morgan fingerprint density at radius 1 is 1.08 bits per heavy atom. The van der Waals surface area contributed by atoms with Crippen molar-refractivity contribution in [2.75, 3.05) is 6.26 Å². The Balaban J connectivity index is 1.45. The van der Waals surface area contributed by atoms with Crippen LogP contribution in [0.2, 0.25) is 0 Å². The minimum Gasteiger partial charge on any atom is -0.260 e. The van der Waals surface area contributed by atoms with Crippen LogP contribution in [0.15, 0.2) is 36.7 Å². The first-order chi connectivity index (χ1) is 17.5. The number of nitrogens with zero attached hydrogens (tertiary/aromatic N) is 6. The number of benzene rings is 1. The van der Waals surface area contributed by atoms with E-state index in [9.17, 15) is 17.2 Å². The topological polar surface area (TPSA) is 127 Å².